The maximum atomic E-state index is 5.54. The summed E-state index contributed by atoms with van der Waals surface area (Å²) in [6, 6.07) is 9.40. The van der Waals surface area contributed by atoms with Crippen LogP contribution in [0.5, 0.6) is 0 Å². The lowest BCUT2D eigenvalue weighted by Gasteiger charge is -2.28. The van der Waals surface area contributed by atoms with Gasteiger partial charge in [-0.25, -0.2) is 0 Å². The van der Waals surface area contributed by atoms with Crippen LogP contribution < -0.4 is 10.6 Å². The van der Waals surface area contributed by atoms with E-state index in [1.54, 1.807) is 0 Å². The van der Waals surface area contributed by atoms with Gasteiger partial charge in [-0.2, -0.15) is 0 Å². The highest BCUT2D eigenvalue weighted by molar-refractivity contribution is 5.47. The molecule has 2 heteroatoms. The maximum absolute atomic E-state index is 5.54. The van der Waals surface area contributed by atoms with Gasteiger partial charge < -0.3 is 10.6 Å². The molecule has 1 aromatic rings. The number of benzene rings is 1. The molecular formula is C14H24N2. The monoisotopic (exact) mass is 220 g/mol. The van der Waals surface area contributed by atoms with Crippen molar-refractivity contribution < 1.29 is 0 Å². The van der Waals surface area contributed by atoms with Crippen molar-refractivity contribution in [2.75, 3.05) is 18.5 Å². The highest BCUT2D eigenvalue weighted by atomic mass is 15.1. The van der Waals surface area contributed by atoms with Crippen LogP contribution in [0.25, 0.3) is 0 Å². The molecule has 0 unspecified atom stereocenters. The highest BCUT2D eigenvalue weighted by Crippen LogP contribution is 2.19. The largest absolute Gasteiger partial charge is 0.372 e. The second kappa shape index (κ2) is 6.54. The number of hydrogen-bond donors (Lipinski definition) is 1. The quantitative estimate of drug-likeness (QED) is 0.798. The van der Waals surface area contributed by atoms with Crippen molar-refractivity contribution in [3.63, 3.8) is 0 Å². The lowest BCUT2D eigenvalue weighted by molar-refractivity contribution is 0.591. The third-order valence-corrected chi connectivity index (χ3v) is 3.27. The van der Waals surface area contributed by atoms with Crippen LogP contribution in [-0.2, 0) is 6.42 Å². The minimum absolute atomic E-state index is 0.639. The van der Waals surface area contributed by atoms with Gasteiger partial charge in [0.1, 0.15) is 0 Å². The summed E-state index contributed by atoms with van der Waals surface area (Å²) in [5, 5.41) is 0. The Hall–Kier alpha value is -1.02. The first-order valence-electron chi connectivity index (χ1n) is 6.24. The fourth-order valence-electron chi connectivity index (χ4n) is 2.11. The number of nitrogens with two attached hydrogens (primary N) is 1. The van der Waals surface area contributed by atoms with E-state index in [1.165, 1.54) is 24.1 Å². The first-order chi connectivity index (χ1) is 7.72. The molecule has 0 aliphatic rings. The standard InChI is InChI=1S/C14H24N2/c1-4-13(5-2)16(3)14-8-6-12(7-9-14)10-11-15/h6-9,13H,4-5,10-11,15H2,1-3H3. The Morgan fingerprint density at radius 3 is 2.12 bits per heavy atom. The predicted octanol–water partition coefficient (Wildman–Crippen LogP) is 2.81. The molecule has 0 radical (unpaired) electrons. The lowest BCUT2D eigenvalue weighted by Crippen LogP contribution is -2.30. The Labute approximate surface area is 99.5 Å². The summed E-state index contributed by atoms with van der Waals surface area (Å²) in [4.78, 5) is 2.37. The van der Waals surface area contributed by atoms with Crippen LogP contribution in [0.2, 0.25) is 0 Å². The number of hydrogen-bond acceptors (Lipinski definition) is 2. The van der Waals surface area contributed by atoms with E-state index >= 15 is 0 Å². The molecule has 0 bridgehead atoms. The van der Waals surface area contributed by atoms with Crippen LogP contribution in [0, 0.1) is 0 Å². The topological polar surface area (TPSA) is 29.3 Å². The normalized spacial score (nSPS) is 10.8. The maximum Gasteiger partial charge on any atom is 0.0366 e. The molecule has 0 aromatic heterocycles. The Morgan fingerprint density at radius 2 is 1.69 bits per heavy atom. The minimum Gasteiger partial charge on any atom is -0.372 e. The van der Waals surface area contributed by atoms with Gasteiger partial charge in [-0.15, -0.1) is 0 Å². The van der Waals surface area contributed by atoms with Gasteiger partial charge in [0.05, 0.1) is 0 Å². The van der Waals surface area contributed by atoms with Crippen LogP contribution in [0.4, 0.5) is 5.69 Å². The molecule has 1 aromatic carbocycles. The molecular weight excluding hydrogens is 196 g/mol. The molecule has 0 spiro atoms. The van der Waals surface area contributed by atoms with Gasteiger partial charge in [0, 0.05) is 18.8 Å². The summed E-state index contributed by atoms with van der Waals surface area (Å²) in [5.41, 5.74) is 8.16. The highest BCUT2D eigenvalue weighted by Gasteiger charge is 2.10. The van der Waals surface area contributed by atoms with Gasteiger partial charge in [-0.1, -0.05) is 26.0 Å². The van der Waals surface area contributed by atoms with Crippen LogP contribution in [0.3, 0.4) is 0 Å². The van der Waals surface area contributed by atoms with E-state index in [2.05, 4.69) is 50.1 Å². The molecule has 0 amide bonds. The van der Waals surface area contributed by atoms with E-state index in [0.717, 1.165) is 13.0 Å². The van der Waals surface area contributed by atoms with E-state index < -0.39 is 0 Å². The summed E-state index contributed by atoms with van der Waals surface area (Å²) in [7, 11) is 2.18. The van der Waals surface area contributed by atoms with Crippen molar-refractivity contribution >= 4 is 5.69 Å². The summed E-state index contributed by atoms with van der Waals surface area (Å²) in [6.07, 6.45) is 3.35. The van der Waals surface area contributed by atoms with Crippen molar-refractivity contribution in [2.45, 2.75) is 39.2 Å². The zero-order valence-corrected chi connectivity index (χ0v) is 10.7. The summed E-state index contributed by atoms with van der Waals surface area (Å²) < 4.78 is 0. The SMILES string of the molecule is CCC(CC)N(C)c1ccc(CCN)cc1. The third-order valence-electron chi connectivity index (χ3n) is 3.27. The van der Waals surface area contributed by atoms with Gasteiger partial charge >= 0.3 is 0 Å². The number of anilines is 1. The second-order valence-electron chi connectivity index (χ2n) is 4.29. The molecule has 90 valence electrons. The van der Waals surface area contributed by atoms with Crippen LogP contribution >= 0.6 is 0 Å². The first kappa shape index (κ1) is 13.0. The number of rotatable bonds is 6. The zero-order chi connectivity index (χ0) is 12.0. The van der Waals surface area contributed by atoms with Gasteiger partial charge in [0.2, 0.25) is 0 Å². The fourth-order valence-corrected chi connectivity index (χ4v) is 2.11. The Kier molecular flexibility index (Phi) is 5.33. The van der Waals surface area contributed by atoms with E-state index in [4.69, 9.17) is 5.73 Å². The van der Waals surface area contributed by atoms with Crippen molar-refractivity contribution in [1.29, 1.82) is 0 Å². The Bertz CT molecular complexity index is 288. The van der Waals surface area contributed by atoms with Gasteiger partial charge in [-0.05, 0) is 43.5 Å². The first-order valence-corrected chi connectivity index (χ1v) is 6.24. The number of nitrogens with zero attached hydrogens (tertiary/aromatic N) is 1. The van der Waals surface area contributed by atoms with E-state index in [9.17, 15) is 0 Å². The molecule has 1 rings (SSSR count). The van der Waals surface area contributed by atoms with Gasteiger partial charge in [0.15, 0.2) is 0 Å². The van der Waals surface area contributed by atoms with Gasteiger partial charge in [-0.3, -0.25) is 0 Å². The minimum atomic E-state index is 0.639. The molecule has 0 aliphatic carbocycles. The van der Waals surface area contributed by atoms with Gasteiger partial charge in [0.25, 0.3) is 0 Å². The van der Waals surface area contributed by atoms with E-state index in [-0.39, 0.29) is 0 Å². The summed E-state index contributed by atoms with van der Waals surface area (Å²) >= 11 is 0. The van der Waals surface area contributed by atoms with E-state index in [1.807, 2.05) is 0 Å². The average Bonchev–Trinajstić information content (AvgIpc) is 2.32. The van der Waals surface area contributed by atoms with Crippen molar-refractivity contribution in [3.05, 3.63) is 29.8 Å². The van der Waals surface area contributed by atoms with Crippen LogP contribution in [0.15, 0.2) is 24.3 Å². The Morgan fingerprint density at radius 1 is 1.12 bits per heavy atom. The molecule has 16 heavy (non-hydrogen) atoms. The molecule has 0 saturated heterocycles. The average molecular weight is 220 g/mol. The molecule has 0 atom stereocenters. The molecule has 2 N–H and O–H groups in total. The molecule has 0 aliphatic heterocycles. The van der Waals surface area contributed by atoms with E-state index in [0.29, 0.717) is 6.04 Å². The molecule has 0 heterocycles. The third kappa shape index (κ3) is 3.24. The van der Waals surface area contributed by atoms with Crippen LogP contribution in [0.1, 0.15) is 32.3 Å². The molecule has 0 saturated carbocycles. The summed E-state index contributed by atoms with van der Waals surface area (Å²) in [6.45, 7) is 5.21. The fraction of sp³-hybridized carbons (Fsp3) is 0.571. The molecule has 2 nitrogen and oxygen atoms in total. The van der Waals surface area contributed by atoms with Crippen molar-refractivity contribution in [2.24, 2.45) is 5.73 Å². The van der Waals surface area contributed by atoms with Crippen molar-refractivity contribution in [3.8, 4) is 0 Å². The van der Waals surface area contributed by atoms with Crippen LogP contribution in [-0.4, -0.2) is 19.6 Å². The predicted molar refractivity (Wildman–Crippen MR) is 72.0 cm³/mol. The molecule has 0 fully saturated rings. The van der Waals surface area contributed by atoms with Crippen molar-refractivity contribution in [1.82, 2.24) is 0 Å². The smallest absolute Gasteiger partial charge is 0.0366 e. The summed E-state index contributed by atoms with van der Waals surface area (Å²) in [5.74, 6) is 0. The zero-order valence-electron chi connectivity index (χ0n) is 10.7. The lowest BCUT2D eigenvalue weighted by atomic mass is 10.1. The Balaban J connectivity index is 2.72. The second-order valence-corrected chi connectivity index (χ2v) is 4.29.